The molecule has 1 heterocycles. The number of nitrogens with zero attached hydrogens (tertiary/aromatic N) is 2. The summed E-state index contributed by atoms with van der Waals surface area (Å²) in [6.45, 7) is 4.13. The normalized spacial score (nSPS) is 9.56. The molecule has 0 unspecified atom stereocenters. The van der Waals surface area contributed by atoms with Gasteiger partial charge in [-0.2, -0.15) is 4.57 Å². The summed E-state index contributed by atoms with van der Waals surface area (Å²) in [6, 6.07) is 3.97. The first-order chi connectivity index (χ1) is 7.00. The number of halogens is 1. The van der Waals surface area contributed by atoms with Crippen LogP contribution < -0.4 is 26.3 Å². The maximum atomic E-state index is 11.3. The maximum Gasteiger partial charge on any atom is 0.414 e. The van der Waals surface area contributed by atoms with Crippen LogP contribution in [0.3, 0.4) is 0 Å². The Morgan fingerprint density at radius 2 is 2.06 bits per heavy atom. The van der Waals surface area contributed by atoms with Crippen LogP contribution in [-0.2, 0) is 0 Å². The summed E-state index contributed by atoms with van der Waals surface area (Å²) in [5, 5.41) is 0. The molecule has 0 radical (unpaired) electrons. The molecule has 0 fully saturated rings. The molecule has 16 heavy (non-hydrogen) atoms. The highest BCUT2D eigenvalue weighted by Crippen LogP contribution is 2.08. The highest BCUT2D eigenvalue weighted by molar-refractivity contribution is 5.69. The molecule has 1 amide bonds. The molecule has 5 heteroatoms. The van der Waals surface area contributed by atoms with E-state index in [0.717, 1.165) is 0 Å². The molecule has 0 saturated heterocycles. The van der Waals surface area contributed by atoms with Crippen LogP contribution in [0.2, 0.25) is 0 Å². The van der Waals surface area contributed by atoms with Crippen molar-refractivity contribution in [3.05, 3.63) is 24.5 Å². The van der Waals surface area contributed by atoms with Gasteiger partial charge in [-0.05, 0) is 19.9 Å². The van der Waals surface area contributed by atoms with Crippen molar-refractivity contribution >= 4 is 6.09 Å². The van der Waals surface area contributed by atoms with E-state index >= 15 is 0 Å². The van der Waals surface area contributed by atoms with Crippen molar-refractivity contribution in [2.24, 2.45) is 0 Å². The Balaban J connectivity index is 0.00000225. The van der Waals surface area contributed by atoms with Crippen LogP contribution in [0, 0.1) is 0 Å². The average Bonchev–Trinajstić information content (AvgIpc) is 2.18. The predicted molar refractivity (Wildman–Crippen MR) is 56.7 cm³/mol. The lowest BCUT2D eigenvalue weighted by molar-refractivity contribution is -0.716. The van der Waals surface area contributed by atoms with Crippen molar-refractivity contribution in [2.75, 3.05) is 14.1 Å². The molecule has 0 bridgehead atoms. The van der Waals surface area contributed by atoms with Gasteiger partial charge in [-0.1, -0.05) is 0 Å². The van der Waals surface area contributed by atoms with Gasteiger partial charge in [0, 0.05) is 20.2 Å². The second-order valence-corrected chi connectivity index (χ2v) is 3.84. The average molecular weight is 289 g/mol. The molecule has 0 spiro atoms. The smallest absolute Gasteiger partial charge is 0.414 e. The minimum absolute atomic E-state index is 0. The van der Waals surface area contributed by atoms with E-state index in [1.165, 1.54) is 4.90 Å². The fraction of sp³-hybridized carbons (Fsp3) is 0.455. The molecule has 0 aliphatic rings. The molecule has 0 aliphatic carbocycles. The monoisotopic (exact) mass is 288 g/mol. The van der Waals surface area contributed by atoms with Crippen LogP contribution in [0.15, 0.2) is 24.5 Å². The van der Waals surface area contributed by atoms with Crippen LogP contribution in [-0.4, -0.2) is 25.1 Å². The van der Waals surface area contributed by atoms with Crippen molar-refractivity contribution in [3.8, 4) is 5.75 Å². The number of rotatable bonds is 2. The fourth-order valence-electron chi connectivity index (χ4n) is 1.04. The third-order valence-corrected chi connectivity index (χ3v) is 1.96. The summed E-state index contributed by atoms with van der Waals surface area (Å²) in [7, 11) is 3.31. The summed E-state index contributed by atoms with van der Waals surface area (Å²) < 4.78 is 7.12. The Kier molecular flexibility index (Phi) is 6.03. The molecule has 1 rings (SSSR count). The van der Waals surface area contributed by atoms with Crippen molar-refractivity contribution in [1.82, 2.24) is 4.90 Å². The first-order valence-electron chi connectivity index (χ1n) is 4.90. The van der Waals surface area contributed by atoms with Gasteiger partial charge in [-0.3, -0.25) is 0 Å². The van der Waals surface area contributed by atoms with E-state index in [1.807, 2.05) is 23.0 Å². The lowest BCUT2D eigenvalue weighted by atomic mass is 10.3. The number of ether oxygens (including phenoxy) is 1. The highest BCUT2D eigenvalue weighted by Gasteiger charge is 2.11. The summed E-state index contributed by atoms with van der Waals surface area (Å²) in [5.41, 5.74) is 0. The zero-order chi connectivity index (χ0) is 11.4. The third-order valence-electron chi connectivity index (χ3n) is 1.96. The fourth-order valence-corrected chi connectivity index (χ4v) is 1.04. The molecule has 0 aliphatic heterocycles. The number of carbonyl (C=O) groups is 1. The van der Waals surface area contributed by atoms with Gasteiger partial charge in [-0.15, -0.1) is 0 Å². The standard InChI is InChI=1S/C11H17N2O2.BrH/c1-9(2)13-7-5-6-10(8-13)15-11(14)12(3)4;/h5-9H,1-4H3;1H/q+1;/p-1. The molecular weight excluding hydrogens is 272 g/mol. The summed E-state index contributed by atoms with van der Waals surface area (Å²) >= 11 is 0. The minimum Gasteiger partial charge on any atom is -1.00 e. The maximum absolute atomic E-state index is 11.3. The Bertz CT molecular complexity index is 354. The Labute approximate surface area is 107 Å². The third kappa shape index (κ3) is 4.18. The first-order valence-corrected chi connectivity index (χ1v) is 4.90. The van der Waals surface area contributed by atoms with Crippen molar-refractivity contribution in [3.63, 3.8) is 0 Å². The van der Waals surface area contributed by atoms with Gasteiger partial charge in [0.1, 0.15) is 0 Å². The molecule has 0 N–H and O–H groups in total. The molecule has 0 saturated carbocycles. The summed E-state index contributed by atoms with van der Waals surface area (Å²) in [5.74, 6) is 0.560. The topological polar surface area (TPSA) is 33.4 Å². The first kappa shape index (κ1) is 14.9. The highest BCUT2D eigenvalue weighted by atomic mass is 79.9. The van der Waals surface area contributed by atoms with Gasteiger partial charge in [0.25, 0.3) is 0 Å². The lowest BCUT2D eigenvalue weighted by Crippen LogP contribution is -3.00. The van der Waals surface area contributed by atoms with Gasteiger partial charge in [0.05, 0.1) is 0 Å². The van der Waals surface area contributed by atoms with E-state index in [1.54, 1.807) is 20.2 Å². The van der Waals surface area contributed by atoms with Crippen LogP contribution in [0.5, 0.6) is 5.75 Å². The molecule has 1 aromatic heterocycles. The zero-order valence-corrected chi connectivity index (χ0v) is 11.6. The number of pyridine rings is 1. The van der Waals surface area contributed by atoms with Crippen molar-refractivity contribution in [1.29, 1.82) is 0 Å². The minimum atomic E-state index is -0.364. The molecule has 90 valence electrons. The number of aromatic nitrogens is 1. The Morgan fingerprint density at radius 3 is 2.56 bits per heavy atom. The van der Waals surface area contributed by atoms with E-state index in [4.69, 9.17) is 4.74 Å². The number of hydrogen-bond donors (Lipinski definition) is 0. The molecule has 1 aromatic rings. The molecule has 4 nitrogen and oxygen atoms in total. The Hall–Kier alpha value is -1.10. The SMILES string of the molecule is CC(C)[n+]1cccc(OC(=O)N(C)C)c1.[Br-]. The van der Waals surface area contributed by atoms with Gasteiger partial charge in [-0.25, -0.2) is 4.79 Å². The predicted octanol–water partition coefficient (Wildman–Crippen LogP) is -1.38. The zero-order valence-electron chi connectivity index (χ0n) is 9.98. The van der Waals surface area contributed by atoms with Crippen LogP contribution in [0.4, 0.5) is 4.79 Å². The van der Waals surface area contributed by atoms with Crippen LogP contribution in [0.1, 0.15) is 19.9 Å². The van der Waals surface area contributed by atoms with Gasteiger partial charge >= 0.3 is 6.09 Å². The van der Waals surface area contributed by atoms with E-state index in [2.05, 4.69) is 13.8 Å². The number of amides is 1. The van der Waals surface area contributed by atoms with Gasteiger partial charge in [0.2, 0.25) is 6.20 Å². The molecule has 0 atom stereocenters. The second-order valence-electron chi connectivity index (χ2n) is 3.84. The Morgan fingerprint density at radius 1 is 1.44 bits per heavy atom. The van der Waals surface area contributed by atoms with Crippen molar-refractivity contribution < 1.29 is 31.1 Å². The van der Waals surface area contributed by atoms with Gasteiger partial charge < -0.3 is 26.6 Å². The summed E-state index contributed by atoms with van der Waals surface area (Å²) in [6.07, 6.45) is 3.39. The number of hydrogen-bond acceptors (Lipinski definition) is 2. The van der Waals surface area contributed by atoms with E-state index < -0.39 is 0 Å². The lowest BCUT2D eigenvalue weighted by Gasteiger charge is -2.10. The van der Waals surface area contributed by atoms with E-state index in [9.17, 15) is 4.79 Å². The van der Waals surface area contributed by atoms with E-state index in [-0.39, 0.29) is 23.1 Å². The summed E-state index contributed by atoms with van der Waals surface area (Å²) in [4.78, 5) is 12.7. The quantitative estimate of drug-likeness (QED) is 0.629. The van der Waals surface area contributed by atoms with Crippen LogP contribution >= 0.6 is 0 Å². The van der Waals surface area contributed by atoms with E-state index in [0.29, 0.717) is 11.8 Å². The number of carbonyl (C=O) groups excluding carboxylic acids is 1. The second kappa shape index (κ2) is 6.48. The van der Waals surface area contributed by atoms with Crippen molar-refractivity contribution in [2.45, 2.75) is 19.9 Å². The largest absolute Gasteiger partial charge is 1.00 e. The van der Waals surface area contributed by atoms with Gasteiger partial charge in [0.15, 0.2) is 18.0 Å². The van der Waals surface area contributed by atoms with Crippen LogP contribution in [0.25, 0.3) is 0 Å². The molecule has 0 aromatic carbocycles. The molecular formula is C11H17BrN2O2.